The van der Waals surface area contributed by atoms with Crippen LogP contribution in [0.15, 0.2) is 24.3 Å². The number of carbonyl (C=O) groups is 1. The Bertz CT molecular complexity index is 450. The van der Waals surface area contributed by atoms with Crippen LogP contribution in [0.25, 0.3) is 0 Å². The molecule has 1 aliphatic rings. The third-order valence-corrected chi connectivity index (χ3v) is 4.92. The second kappa shape index (κ2) is 7.58. The van der Waals surface area contributed by atoms with Crippen LogP contribution in [0.4, 0.5) is 0 Å². The number of benzene rings is 1. The first-order valence-corrected chi connectivity index (χ1v) is 8.45. The number of amides is 1. The van der Waals surface area contributed by atoms with Gasteiger partial charge in [-0.15, -0.1) is 0 Å². The van der Waals surface area contributed by atoms with Gasteiger partial charge in [-0.05, 0) is 43.2 Å². The van der Waals surface area contributed by atoms with Gasteiger partial charge in [-0.25, -0.2) is 0 Å². The molecule has 1 amide bonds. The van der Waals surface area contributed by atoms with Crippen LogP contribution in [0.2, 0.25) is 0 Å². The van der Waals surface area contributed by atoms with Crippen molar-refractivity contribution in [1.29, 1.82) is 0 Å². The van der Waals surface area contributed by atoms with Gasteiger partial charge < -0.3 is 10.1 Å². The van der Waals surface area contributed by atoms with E-state index in [-0.39, 0.29) is 5.91 Å². The van der Waals surface area contributed by atoms with E-state index in [1.807, 2.05) is 36.0 Å². The van der Waals surface area contributed by atoms with Gasteiger partial charge in [-0.1, -0.05) is 18.6 Å². The van der Waals surface area contributed by atoms with Crippen LogP contribution in [-0.4, -0.2) is 30.6 Å². The Morgan fingerprint density at radius 3 is 3.05 bits per heavy atom. The summed E-state index contributed by atoms with van der Waals surface area (Å²) in [5.74, 6) is 0.917. The summed E-state index contributed by atoms with van der Waals surface area (Å²) < 4.78 is 5.18. The van der Waals surface area contributed by atoms with E-state index in [1.54, 1.807) is 7.11 Å². The second-order valence-corrected chi connectivity index (χ2v) is 6.46. The van der Waals surface area contributed by atoms with E-state index in [0.29, 0.717) is 17.7 Å². The van der Waals surface area contributed by atoms with Crippen LogP contribution in [0.3, 0.4) is 0 Å². The summed E-state index contributed by atoms with van der Waals surface area (Å²) in [6.45, 7) is 0. The van der Waals surface area contributed by atoms with Gasteiger partial charge in [0.1, 0.15) is 5.75 Å². The molecule has 4 heteroatoms. The minimum atomic E-state index is 0.116. The predicted octanol–water partition coefficient (Wildman–Crippen LogP) is 3.03. The van der Waals surface area contributed by atoms with Gasteiger partial charge in [0.05, 0.1) is 13.5 Å². The predicted molar refractivity (Wildman–Crippen MR) is 84.4 cm³/mol. The van der Waals surface area contributed by atoms with Gasteiger partial charge >= 0.3 is 0 Å². The molecule has 1 saturated carbocycles. The maximum atomic E-state index is 12.1. The van der Waals surface area contributed by atoms with Crippen molar-refractivity contribution in [2.75, 3.05) is 13.4 Å². The lowest BCUT2D eigenvalue weighted by atomic mass is 9.94. The molecule has 0 bridgehead atoms. The zero-order chi connectivity index (χ0) is 14.4. The minimum absolute atomic E-state index is 0.116. The first kappa shape index (κ1) is 15.2. The molecule has 0 aliphatic heterocycles. The lowest BCUT2D eigenvalue weighted by Crippen LogP contribution is -2.39. The average molecular weight is 293 g/mol. The highest BCUT2D eigenvalue weighted by atomic mass is 32.2. The van der Waals surface area contributed by atoms with Crippen molar-refractivity contribution < 1.29 is 9.53 Å². The number of methoxy groups -OCH3 is 1. The van der Waals surface area contributed by atoms with Crippen molar-refractivity contribution >= 4 is 17.7 Å². The topological polar surface area (TPSA) is 38.3 Å². The van der Waals surface area contributed by atoms with E-state index < -0.39 is 0 Å². The molecular formula is C16H23NO2S. The summed E-state index contributed by atoms with van der Waals surface area (Å²) >= 11 is 1.92. The minimum Gasteiger partial charge on any atom is -0.497 e. The molecule has 110 valence electrons. The van der Waals surface area contributed by atoms with Crippen molar-refractivity contribution in [3.8, 4) is 5.75 Å². The zero-order valence-electron chi connectivity index (χ0n) is 12.2. The average Bonchev–Trinajstić information content (AvgIpc) is 2.47. The molecule has 0 heterocycles. The molecule has 1 N–H and O–H groups in total. The molecule has 1 aromatic rings. The van der Waals surface area contributed by atoms with Crippen LogP contribution in [-0.2, 0) is 11.2 Å². The van der Waals surface area contributed by atoms with Crippen molar-refractivity contribution in [3.05, 3.63) is 29.8 Å². The number of ether oxygens (including phenoxy) is 1. The molecule has 0 spiro atoms. The Kier molecular flexibility index (Phi) is 5.77. The molecule has 2 rings (SSSR count). The van der Waals surface area contributed by atoms with Crippen molar-refractivity contribution in [1.82, 2.24) is 5.32 Å². The fourth-order valence-electron chi connectivity index (χ4n) is 2.74. The van der Waals surface area contributed by atoms with Crippen molar-refractivity contribution in [2.45, 2.75) is 43.4 Å². The largest absolute Gasteiger partial charge is 0.497 e. The third kappa shape index (κ3) is 4.44. The number of carbonyl (C=O) groups excluding carboxylic acids is 1. The van der Waals surface area contributed by atoms with E-state index in [4.69, 9.17) is 4.74 Å². The molecule has 0 unspecified atom stereocenters. The van der Waals surface area contributed by atoms with E-state index in [9.17, 15) is 4.79 Å². The van der Waals surface area contributed by atoms with Gasteiger partial charge in [0, 0.05) is 11.3 Å². The van der Waals surface area contributed by atoms with Gasteiger partial charge in [-0.3, -0.25) is 4.79 Å². The van der Waals surface area contributed by atoms with Gasteiger partial charge in [0.15, 0.2) is 0 Å². The molecule has 2 atom stereocenters. The number of thioether (sulfide) groups is 1. The van der Waals surface area contributed by atoms with Gasteiger partial charge in [0.25, 0.3) is 0 Å². The molecule has 0 aromatic heterocycles. The van der Waals surface area contributed by atoms with E-state index in [2.05, 4.69) is 11.6 Å². The van der Waals surface area contributed by atoms with E-state index in [1.165, 1.54) is 12.8 Å². The molecule has 20 heavy (non-hydrogen) atoms. The Labute approximate surface area is 125 Å². The monoisotopic (exact) mass is 293 g/mol. The summed E-state index contributed by atoms with van der Waals surface area (Å²) in [4.78, 5) is 12.1. The number of hydrogen-bond acceptors (Lipinski definition) is 3. The summed E-state index contributed by atoms with van der Waals surface area (Å²) in [5, 5.41) is 3.88. The quantitative estimate of drug-likeness (QED) is 0.907. The van der Waals surface area contributed by atoms with Crippen LogP contribution >= 0.6 is 11.8 Å². The summed E-state index contributed by atoms with van der Waals surface area (Å²) in [7, 11) is 1.64. The van der Waals surface area contributed by atoms with Crippen LogP contribution in [0.5, 0.6) is 5.75 Å². The molecule has 3 nitrogen and oxygen atoms in total. The molecule has 0 radical (unpaired) electrons. The highest BCUT2D eigenvalue weighted by Gasteiger charge is 2.22. The molecular weight excluding hydrogens is 270 g/mol. The molecule has 0 saturated heterocycles. The first-order valence-electron chi connectivity index (χ1n) is 7.16. The highest BCUT2D eigenvalue weighted by Crippen LogP contribution is 2.26. The first-order chi connectivity index (χ1) is 9.71. The lowest BCUT2D eigenvalue weighted by Gasteiger charge is -2.28. The SMILES string of the molecule is COc1cccc(CC(=O)N[C@@H]2CCC[C@H](SC)C2)c1. The highest BCUT2D eigenvalue weighted by molar-refractivity contribution is 7.99. The summed E-state index contributed by atoms with van der Waals surface area (Å²) in [6.07, 6.45) is 7.30. The summed E-state index contributed by atoms with van der Waals surface area (Å²) in [6, 6.07) is 8.05. The van der Waals surface area contributed by atoms with Crippen LogP contribution in [0.1, 0.15) is 31.2 Å². The lowest BCUT2D eigenvalue weighted by molar-refractivity contribution is -0.121. The fraction of sp³-hybridized carbons (Fsp3) is 0.562. The van der Waals surface area contributed by atoms with Gasteiger partial charge in [0.2, 0.25) is 5.91 Å². The van der Waals surface area contributed by atoms with Gasteiger partial charge in [-0.2, -0.15) is 11.8 Å². The second-order valence-electron chi connectivity index (χ2n) is 5.32. The molecule has 1 aliphatic carbocycles. The number of nitrogens with one attached hydrogen (secondary N) is 1. The van der Waals surface area contributed by atoms with Crippen molar-refractivity contribution in [2.24, 2.45) is 0 Å². The molecule has 1 fully saturated rings. The smallest absolute Gasteiger partial charge is 0.224 e. The molecule has 1 aromatic carbocycles. The normalized spacial score (nSPS) is 22.3. The third-order valence-electron chi connectivity index (χ3n) is 3.82. The standard InChI is InChI=1S/C16H23NO2S/c1-19-14-7-3-5-12(9-14)10-16(18)17-13-6-4-8-15(11-13)20-2/h3,5,7,9,13,15H,4,6,8,10-11H2,1-2H3,(H,17,18)/t13-,15+/m1/s1. The Hall–Kier alpha value is -1.16. The maximum absolute atomic E-state index is 12.1. The Morgan fingerprint density at radius 2 is 2.30 bits per heavy atom. The van der Waals surface area contributed by atoms with E-state index in [0.717, 1.165) is 24.2 Å². The maximum Gasteiger partial charge on any atom is 0.224 e. The number of hydrogen-bond donors (Lipinski definition) is 1. The fourth-order valence-corrected chi connectivity index (χ4v) is 3.56. The Balaban J connectivity index is 1.85. The summed E-state index contributed by atoms with van der Waals surface area (Å²) in [5.41, 5.74) is 0.999. The Morgan fingerprint density at radius 1 is 1.45 bits per heavy atom. The van der Waals surface area contributed by atoms with Crippen LogP contribution in [0, 0.1) is 0 Å². The zero-order valence-corrected chi connectivity index (χ0v) is 13.0. The van der Waals surface area contributed by atoms with Crippen LogP contribution < -0.4 is 10.1 Å². The van der Waals surface area contributed by atoms with E-state index >= 15 is 0 Å². The van der Waals surface area contributed by atoms with Crippen molar-refractivity contribution in [3.63, 3.8) is 0 Å². The number of rotatable bonds is 5.